The van der Waals surface area contributed by atoms with Gasteiger partial charge in [0.05, 0.1) is 19.8 Å². The predicted octanol–water partition coefficient (Wildman–Crippen LogP) is 3.97. The van der Waals surface area contributed by atoms with E-state index in [9.17, 15) is 13.6 Å². The minimum absolute atomic E-state index is 0.0278. The minimum atomic E-state index is -3.06. The number of carbonyl (C=O) groups excluding carboxylic acids is 1. The van der Waals surface area contributed by atoms with Gasteiger partial charge in [-0.25, -0.2) is 0 Å². The van der Waals surface area contributed by atoms with Crippen molar-refractivity contribution in [2.45, 2.75) is 20.1 Å². The molecular formula is C19H21F2NO4. The maximum atomic E-state index is 12.9. The van der Waals surface area contributed by atoms with Crippen LogP contribution in [0, 0.1) is 0 Å². The summed E-state index contributed by atoms with van der Waals surface area (Å²) in [4.78, 5) is 14.4. The summed E-state index contributed by atoms with van der Waals surface area (Å²) in [5, 5.41) is 0. The average molecular weight is 365 g/mol. The molecule has 2 aromatic rings. The summed E-state index contributed by atoms with van der Waals surface area (Å²) in [5.41, 5.74) is 0.917. The van der Waals surface area contributed by atoms with Gasteiger partial charge in [0.15, 0.2) is 11.5 Å². The number of hydrogen-bond acceptors (Lipinski definition) is 4. The molecule has 1 amide bonds. The number of hydrogen-bond donors (Lipinski definition) is 0. The molecule has 26 heavy (non-hydrogen) atoms. The number of ether oxygens (including phenoxy) is 3. The molecule has 0 bridgehead atoms. The molecule has 0 N–H and O–H groups in total. The van der Waals surface area contributed by atoms with Crippen LogP contribution in [0.25, 0.3) is 0 Å². The fourth-order valence-electron chi connectivity index (χ4n) is 2.50. The van der Waals surface area contributed by atoms with E-state index in [-0.39, 0.29) is 17.1 Å². The molecule has 0 spiro atoms. The van der Waals surface area contributed by atoms with Crippen LogP contribution in [0.1, 0.15) is 22.8 Å². The third-order valence-electron chi connectivity index (χ3n) is 3.84. The number of nitrogens with zero attached hydrogens (tertiary/aromatic N) is 1. The van der Waals surface area contributed by atoms with Crippen molar-refractivity contribution < 1.29 is 27.8 Å². The van der Waals surface area contributed by atoms with Crippen molar-refractivity contribution in [1.29, 1.82) is 0 Å². The maximum Gasteiger partial charge on any atom is 0.387 e. The zero-order chi connectivity index (χ0) is 19.1. The molecule has 0 heterocycles. The van der Waals surface area contributed by atoms with E-state index in [2.05, 4.69) is 4.74 Å². The first-order valence-electron chi connectivity index (χ1n) is 8.04. The molecule has 140 valence electrons. The number of benzene rings is 2. The van der Waals surface area contributed by atoms with E-state index in [0.717, 1.165) is 5.56 Å². The lowest BCUT2D eigenvalue weighted by atomic mass is 10.1. The summed E-state index contributed by atoms with van der Waals surface area (Å²) in [6.45, 7) is -0.523. The first kappa shape index (κ1) is 19.5. The van der Waals surface area contributed by atoms with Gasteiger partial charge in [-0.05, 0) is 36.8 Å². The first-order valence-corrected chi connectivity index (χ1v) is 8.04. The Morgan fingerprint density at radius 1 is 1.08 bits per heavy atom. The van der Waals surface area contributed by atoms with E-state index in [1.807, 2.05) is 19.1 Å². The van der Waals surface area contributed by atoms with Crippen molar-refractivity contribution in [2.75, 3.05) is 20.8 Å². The molecule has 0 aliphatic heterocycles. The summed E-state index contributed by atoms with van der Waals surface area (Å²) in [7, 11) is 2.90. The minimum Gasteiger partial charge on any atom is -0.497 e. The van der Waals surface area contributed by atoms with E-state index in [4.69, 9.17) is 9.47 Å². The summed E-state index contributed by atoms with van der Waals surface area (Å²) in [5.74, 6) is 0.112. The highest BCUT2D eigenvalue weighted by Gasteiger charge is 2.23. The van der Waals surface area contributed by atoms with Gasteiger partial charge in [0.25, 0.3) is 5.91 Å². The molecule has 5 nitrogen and oxygen atoms in total. The van der Waals surface area contributed by atoms with Gasteiger partial charge in [0, 0.05) is 13.1 Å². The van der Waals surface area contributed by atoms with Crippen LogP contribution in [0.2, 0.25) is 0 Å². The zero-order valence-corrected chi connectivity index (χ0v) is 14.9. The van der Waals surface area contributed by atoms with Crippen molar-refractivity contribution in [3.8, 4) is 17.2 Å². The van der Waals surface area contributed by atoms with Crippen LogP contribution in [0.4, 0.5) is 8.78 Å². The van der Waals surface area contributed by atoms with Crippen molar-refractivity contribution >= 4 is 5.91 Å². The lowest BCUT2D eigenvalue weighted by Gasteiger charge is -2.23. The Kier molecular flexibility index (Phi) is 6.77. The van der Waals surface area contributed by atoms with Crippen molar-refractivity contribution in [2.24, 2.45) is 0 Å². The molecule has 2 rings (SSSR count). The van der Waals surface area contributed by atoms with Gasteiger partial charge in [-0.15, -0.1) is 0 Å². The molecule has 0 radical (unpaired) electrons. The van der Waals surface area contributed by atoms with Crippen LogP contribution < -0.4 is 14.2 Å². The number of carbonyl (C=O) groups is 1. The third kappa shape index (κ3) is 4.62. The summed E-state index contributed by atoms with van der Waals surface area (Å²) >= 11 is 0. The Hall–Kier alpha value is -2.83. The second-order valence-corrected chi connectivity index (χ2v) is 5.38. The fraction of sp³-hybridized carbons (Fsp3) is 0.316. The Labute approximate surface area is 151 Å². The molecule has 0 fully saturated rings. The second-order valence-electron chi connectivity index (χ2n) is 5.38. The average Bonchev–Trinajstić information content (AvgIpc) is 2.65. The Balaban J connectivity index is 2.29. The highest BCUT2D eigenvalue weighted by molar-refractivity contribution is 5.97. The SMILES string of the molecule is CCN(Cc1ccc(OC)cc1)C(=O)c1cccc(OC)c1OC(F)F. The first-order chi connectivity index (χ1) is 12.5. The number of amides is 1. The van der Waals surface area contributed by atoms with Crippen molar-refractivity contribution in [1.82, 2.24) is 4.90 Å². The lowest BCUT2D eigenvalue weighted by Crippen LogP contribution is -2.31. The summed E-state index contributed by atoms with van der Waals surface area (Å²) in [6, 6.07) is 11.8. The van der Waals surface area contributed by atoms with Crippen LogP contribution in [0.3, 0.4) is 0 Å². The number of methoxy groups -OCH3 is 2. The number of rotatable bonds is 8. The molecule has 0 unspecified atom stereocenters. The fourth-order valence-corrected chi connectivity index (χ4v) is 2.50. The molecule has 0 atom stereocenters. The number of halogens is 2. The molecule has 0 aliphatic carbocycles. The van der Waals surface area contributed by atoms with E-state index in [1.165, 1.54) is 24.1 Å². The Morgan fingerprint density at radius 3 is 2.31 bits per heavy atom. The smallest absolute Gasteiger partial charge is 0.387 e. The van der Waals surface area contributed by atoms with E-state index >= 15 is 0 Å². The zero-order valence-electron chi connectivity index (χ0n) is 14.9. The third-order valence-corrected chi connectivity index (χ3v) is 3.84. The Bertz CT molecular complexity index is 735. The topological polar surface area (TPSA) is 48.0 Å². The molecule has 0 aliphatic rings. The number of alkyl halides is 2. The van der Waals surface area contributed by atoms with Crippen LogP contribution in [-0.4, -0.2) is 38.2 Å². The molecule has 0 aromatic heterocycles. The van der Waals surface area contributed by atoms with Crippen molar-refractivity contribution in [3.63, 3.8) is 0 Å². The summed E-state index contributed by atoms with van der Waals surface area (Å²) in [6.07, 6.45) is 0. The Morgan fingerprint density at radius 2 is 1.77 bits per heavy atom. The van der Waals surface area contributed by atoms with E-state index in [1.54, 1.807) is 25.3 Å². The highest BCUT2D eigenvalue weighted by atomic mass is 19.3. The molecule has 2 aromatic carbocycles. The quantitative estimate of drug-likeness (QED) is 0.710. The van der Waals surface area contributed by atoms with Gasteiger partial charge < -0.3 is 19.1 Å². The maximum absolute atomic E-state index is 12.9. The normalized spacial score (nSPS) is 10.5. The van der Waals surface area contributed by atoms with Crippen LogP contribution in [0.15, 0.2) is 42.5 Å². The van der Waals surface area contributed by atoms with Crippen LogP contribution in [-0.2, 0) is 6.54 Å². The van der Waals surface area contributed by atoms with Gasteiger partial charge in [-0.1, -0.05) is 18.2 Å². The monoisotopic (exact) mass is 365 g/mol. The van der Waals surface area contributed by atoms with Crippen molar-refractivity contribution in [3.05, 3.63) is 53.6 Å². The second kappa shape index (κ2) is 9.03. The summed E-state index contributed by atoms with van der Waals surface area (Å²) < 4.78 is 40.2. The number of para-hydroxylation sites is 1. The lowest BCUT2D eigenvalue weighted by molar-refractivity contribution is -0.0516. The van der Waals surface area contributed by atoms with Gasteiger partial charge in [-0.2, -0.15) is 8.78 Å². The van der Waals surface area contributed by atoms with Gasteiger partial charge in [-0.3, -0.25) is 4.79 Å². The highest BCUT2D eigenvalue weighted by Crippen LogP contribution is 2.33. The van der Waals surface area contributed by atoms with Crippen LogP contribution in [0.5, 0.6) is 17.2 Å². The predicted molar refractivity (Wildman–Crippen MR) is 93.0 cm³/mol. The molecule has 7 heteroatoms. The molecule has 0 saturated heterocycles. The molecular weight excluding hydrogens is 344 g/mol. The van der Waals surface area contributed by atoms with E-state index in [0.29, 0.717) is 18.8 Å². The van der Waals surface area contributed by atoms with Gasteiger partial charge in [0.2, 0.25) is 0 Å². The van der Waals surface area contributed by atoms with E-state index < -0.39 is 12.5 Å². The van der Waals surface area contributed by atoms with Gasteiger partial charge in [0.1, 0.15) is 5.75 Å². The van der Waals surface area contributed by atoms with Gasteiger partial charge >= 0.3 is 6.61 Å². The van der Waals surface area contributed by atoms with Crippen LogP contribution >= 0.6 is 0 Å². The largest absolute Gasteiger partial charge is 0.497 e. The molecule has 0 saturated carbocycles. The standard InChI is InChI=1S/C19H21F2NO4/c1-4-22(12-13-8-10-14(24-2)11-9-13)18(23)15-6-5-7-16(25-3)17(15)26-19(20)21/h5-11,19H,4,12H2,1-3H3.